The zero-order valence-electron chi connectivity index (χ0n) is 14.9. The summed E-state index contributed by atoms with van der Waals surface area (Å²) in [5, 5.41) is 13.3. The molecule has 2 aromatic carbocycles. The Kier molecular flexibility index (Phi) is 5.91. The number of ether oxygens (including phenoxy) is 2. The molecule has 3 aromatic rings. The van der Waals surface area contributed by atoms with Gasteiger partial charge in [-0.2, -0.15) is 9.78 Å². The largest absolute Gasteiger partial charge is 0.493 e. The molecule has 1 heterocycles. The third-order valence-electron chi connectivity index (χ3n) is 3.73. The first kappa shape index (κ1) is 18.0. The van der Waals surface area contributed by atoms with Crippen molar-refractivity contribution in [3.05, 3.63) is 65.5 Å². The highest BCUT2D eigenvalue weighted by Gasteiger charge is 2.06. The van der Waals surface area contributed by atoms with E-state index in [4.69, 9.17) is 9.47 Å². The second-order valence-electron chi connectivity index (χ2n) is 5.59. The average Bonchev–Trinajstić information content (AvgIpc) is 3.13. The Bertz CT molecular complexity index is 891. The van der Waals surface area contributed by atoms with E-state index >= 15 is 0 Å². The molecule has 0 bridgehead atoms. The van der Waals surface area contributed by atoms with E-state index in [1.807, 2.05) is 18.2 Å². The van der Waals surface area contributed by atoms with Gasteiger partial charge in [-0.1, -0.05) is 41.6 Å². The Morgan fingerprint density at radius 1 is 1.08 bits per heavy atom. The predicted octanol–water partition coefficient (Wildman–Crippen LogP) is 3.78. The maximum Gasteiger partial charge on any atom is 0.212 e. The van der Waals surface area contributed by atoms with Gasteiger partial charge < -0.3 is 9.47 Å². The molecular weight excluding hydrogens is 348 g/mol. The minimum atomic E-state index is 0.661. The highest BCUT2D eigenvalue weighted by molar-refractivity contribution is 7.98. The highest BCUT2D eigenvalue weighted by Crippen LogP contribution is 2.27. The smallest absolute Gasteiger partial charge is 0.212 e. The van der Waals surface area contributed by atoms with Crippen LogP contribution in [0.3, 0.4) is 0 Å². The zero-order valence-corrected chi connectivity index (χ0v) is 15.7. The van der Waals surface area contributed by atoms with Gasteiger partial charge in [-0.25, -0.2) is 0 Å². The van der Waals surface area contributed by atoms with Gasteiger partial charge in [-0.15, -0.1) is 10.2 Å². The third-order valence-corrected chi connectivity index (χ3v) is 4.73. The van der Waals surface area contributed by atoms with Gasteiger partial charge >= 0.3 is 0 Å². The van der Waals surface area contributed by atoms with Gasteiger partial charge in [0.1, 0.15) is 6.33 Å². The maximum atomic E-state index is 5.31. The lowest BCUT2D eigenvalue weighted by atomic mass is 10.2. The number of hydrogen-bond donors (Lipinski definition) is 0. The number of nitrogens with zero attached hydrogens (tertiary/aromatic N) is 4. The lowest BCUT2D eigenvalue weighted by molar-refractivity contribution is 0.355. The lowest BCUT2D eigenvalue weighted by Crippen LogP contribution is -1.95. The number of aromatic nitrogens is 3. The molecule has 134 valence electrons. The minimum Gasteiger partial charge on any atom is -0.493 e. The second-order valence-corrected chi connectivity index (χ2v) is 6.53. The topological polar surface area (TPSA) is 61.5 Å². The molecule has 1 aromatic heterocycles. The Labute approximate surface area is 156 Å². The van der Waals surface area contributed by atoms with Crippen LogP contribution >= 0.6 is 11.8 Å². The molecule has 0 atom stereocenters. The first-order chi connectivity index (χ1) is 12.7. The summed E-state index contributed by atoms with van der Waals surface area (Å²) in [6.45, 7) is 2.08. The Hall–Kier alpha value is -2.80. The predicted molar refractivity (Wildman–Crippen MR) is 103 cm³/mol. The Morgan fingerprint density at radius 2 is 1.85 bits per heavy atom. The van der Waals surface area contributed by atoms with Crippen LogP contribution in [0.25, 0.3) is 0 Å². The SMILES string of the molecule is COc1ccc(/C=N\n2cnnc2SCc2ccc(C)cc2)cc1OC. The van der Waals surface area contributed by atoms with Gasteiger partial charge in [-0.05, 0) is 36.2 Å². The third kappa shape index (κ3) is 4.43. The number of hydrogen-bond acceptors (Lipinski definition) is 6. The number of aryl methyl sites for hydroxylation is 1. The van der Waals surface area contributed by atoms with Gasteiger partial charge in [0.05, 0.1) is 20.4 Å². The van der Waals surface area contributed by atoms with E-state index in [0.717, 1.165) is 16.5 Å². The molecule has 0 aliphatic rings. The van der Waals surface area contributed by atoms with E-state index in [1.165, 1.54) is 11.1 Å². The maximum absolute atomic E-state index is 5.31. The zero-order chi connectivity index (χ0) is 18.4. The van der Waals surface area contributed by atoms with Gasteiger partial charge in [0, 0.05) is 5.75 Å². The summed E-state index contributed by atoms with van der Waals surface area (Å²) in [4.78, 5) is 0. The molecule has 0 amide bonds. The van der Waals surface area contributed by atoms with Crippen molar-refractivity contribution in [3.8, 4) is 11.5 Å². The molecular formula is C19H20N4O2S. The van der Waals surface area contributed by atoms with Gasteiger partial charge in [0.15, 0.2) is 11.5 Å². The minimum absolute atomic E-state index is 0.661. The van der Waals surface area contributed by atoms with Crippen molar-refractivity contribution >= 4 is 18.0 Å². The van der Waals surface area contributed by atoms with Crippen LogP contribution in [0.5, 0.6) is 11.5 Å². The van der Waals surface area contributed by atoms with Gasteiger partial charge in [-0.3, -0.25) is 0 Å². The fraction of sp³-hybridized carbons (Fsp3) is 0.211. The molecule has 0 fully saturated rings. The summed E-state index contributed by atoms with van der Waals surface area (Å²) in [5.41, 5.74) is 3.38. The average molecular weight is 368 g/mol. The summed E-state index contributed by atoms with van der Waals surface area (Å²) in [6.07, 6.45) is 3.33. The number of thioether (sulfide) groups is 1. The molecule has 0 saturated heterocycles. The lowest BCUT2D eigenvalue weighted by Gasteiger charge is -2.07. The Balaban J connectivity index is 1.70. The highest BCUT2D eigenvalue weighted by atomic mass is 32.2. The van der Waals surface area contributed by atoms with Crippen LogP contribution in [0.2, 0.25) is 0 Å². The van der Waals surface area contributed by atoms with Crippen LogP contribution in [0.15, 0.2) is 59.0 Å². The van der Waals surface area contributed by atoms with E-state index < -0.39 is 0 Å². The molecule has 26 heavy (non-hydrogen) atoms. The van der Waals surface area contributed by atoms with E-state index in [-0.39, 0.29) is 0 Å². The number of benzene rings is 2. The van der Waals surface area contributed by atoms with Crippen LogP contribution in [-0.4, -0.2) is 35.3 Å². The van der Waals surface area contributed by atoms with Crippen LogP contribution < -0.4 is 9.47 Å². The fourth-order valence-corrected chi connectivity index (χ4v) is 3.11. The molecule has 0 radical (unpaired) electrons. The van der Waals surface area contributed by atoms with Crippen LogP contribution in [0.4, 0.5) is 0 Å². The van der Waals surface area contributed by atoms with E-state index in [0.29, 0.717) is 11.5 Å². The van der Waals surface area contributed by atoms with E-state index in [9.17, 15) is 0 Å². The molecule has 3 rings (SSSR count). The van der Waals surface area contributed by atoms with Crippen molar-refractivity contribution in [2.45, 2.75) is 17.8 Å². The van der Waals surface area contributed by atoms with Crippen LogP contribution in [0.1, 0.15) is 16.7 Å². The molecule has 6 nitrogen and oxygen atoms in total. The summed E-state index contributed by atoms with van der Waals surface area (Å²) in [6, 6.07) is 14.1. The number of methoxy groups -OCH3 is 2. The summed E-state index contributed by atoms with van der Waals surface area (Å²) in [5.74, 6) is 2.16. The number of rotatable bonds is 7. The first-order valence-corrected chi connectivity index (χ1v) is 9.03. The van der Waals surface area contributed by atoms with Crippen molar-refractivity contribution in [2.24, 2.45) is 5.10 Å². The van der Waals surface area contributed by atoms with Crippen molar-refractivity contribution in [2.75, 3.05) is 14.2 Å². The summed E-state index contributed by atoms with van der Waals surface area (Å²) < 4.78 is 12.2. The standard InChI is InChI=1S/C19H20N4O2S/c1-14-4-6-15(7-5-14)12-26-19-22-20-13-23(19)21-11-16-8-9-17(24-2)18(10-16)25-3/h4-11,13H,12H2,1-3H3/b21-11-. The van der Waals surface area contributed by atoms with Crippen molar-refractivity contribution in [3.63, 3.8) is 0 Å². The van der Waals surface area contributed by atoms with Crippen molar-refractivity contribution in [1.82, 2.24) is 14.9 Å². The monoisotopic (exact) mass is 368 g/mol. The van der Waals surface area contributed by atoms with E-state index in [2.05, 4.69) is 46.5 Å². The van der Waals surface area contributed by atoms with Crippen molar-refractivity contribution in [1.29, 1.82) is 0 Å². The quantitative estimate of drug-likeness (QED) is 0.469. The molecule has 0 N–H and O–H groups in total. The van der Waals surface area contributed by atoms with Gasteiger partial charge in [0.2, 0.25) is 5.16 Å². The molecule has 0 saturated carbocycles. The van der Waals surface area contributed by atoms with Crippen LogP contribution in [0, 0.1) is 6.92 Å². The van der Waals surface area contributed by atoms with Crippen LogP contribution in [-0.2, 0) is 5.75 Å². The molecule has 0 aliphatic carbocycles. The second kappa shape index (κ2) is 8.53. The molecule has 0 aliphatic heterocycles. The molecule has 0 unspecified atom stereocenters. The molecule has 0 spiro atoms. The van der Waals surface area contributed by atoms with Crippen molar-refractivity contribution < 1.29 is 9.47 Å². The first-order valence-electron chi connectivity index (χ1n) is 8.04. The summed E-state index contributed by atoms with van der Waals surface area (Å²) >= 11 is 1.59. The normalized spacial score (nSPS) is 11.0. The summed E-state index contributed by atoms with van der Waals surface area (Å²) in [7, 11) is 3.22. The molecule has 7 heteroatoms. The van der Waals surface area contributed by atoms with Gasteiger partial charge in [0.25, 0.3) is 0 Å². The fourth-order valence-electron chi connectivity index (χ4n) is 2.29. The Morgan fingerprint density at radius 3 is 2.58 bits per heavy atom. The van der Waals surface area contributed by atoms with E-state index in [1.54, 1.807) is 43.2 Å².